The van der Waals surface area contributed by atoms with Crippen LogP contribution in [-0.4, -0.2) is 40.7 Å². The first-order valence-electron chi connectivity index (χ1n) is 6.44. The molecule has 0 saturated heterocycles. The van der Waals surface area contributed by atoms with Crippen molar-refractivity contribution < 1.29 is 4.79 Å². The Labute approximate surface area is 109 Å². The maximum absolute atomic E-state index is 12.5. The lowest BCUT2D eigenvalue weighted by Gasteiger charge is -2.27. The van der Waals surface area contributed by atoms with E-state index in [2.05, 4.69) is 24.3 Å². The average molecular weight is 252 g/mol. The van der Waals surface area contributed by atoms with E-state index in [-0.39, 0.29) is 11.9 Å². The number of amides is 1. The van der Waals surface area contributed by atoms with Crippen LogP contribution in [0.4, 0.5) is 0 Å². The Balaban J connectivity index is 2.83. The lowest BCUT2D eigenvalue weighted by atomic mass is 10.1. The molecule has 1 atom stereocenters. The molecule has 0 spiro atoms. The van der Waals surface area contributed by atoms with Gasteiger partial charge in [0.15, 0.2) is 0 Å². The van der Waals surface area contributed by atoms with E-state index >= 15 is 0 Å². The topological polar surface area (TPSA) is 50.2 Å². The van der Waals surface area contributed by atoms with Crippen molar-refractivity contribution in [3.8, 4) is 0 Å². The number of carbonyl (C=O) groups excluding carboxylic acids is 1. The summed E-state index contributed by atoms with van der Waals surface area (Å²) in [6.45, 7) is 7.77. The fourth-order valence-corrected chi connectivity index (χ4v) is 2.02. The van der Waals surface area contributed by atoms with Gasteiger partial charge in [-0.25, -0.2) is 0 Å². The average Bonchev–Trinajstić information content (AvgIpc) is 2.73. The zero-order chi connectivity index (χ0) is 13.7. The third-order valence-corrected chi connectivity index (χ3v) is 2.87. The highest BCUT2D eigenvalue weighted by Crippen LogP contribution is 2.15. The number of carbonyl (C=O) groups is 1. The van der Waals surface area contributed by atoms with Crippen LogP contribution in [0, 0.1) is 5.92 Å². The first-order valence-corrected chi connectivity index (χ1v) is 6.44. The van der Waals surface area contributed by atoms with Crippen molar-refractivity contribution >= 4 is 5.91 Å². The summed E-state index contributed by atoms with van der Waals surface area (Å²) in [5, 5.41) is 7.19. The number of hydrogen-bond acceptors (Lipinski definition) is 3. The maximum Gasteiger partial charge on any atom is 0.244 e. The summed E-state index contributed by atoms with van der Waals surface area (Å²) in [6, 6.07) is -0.308. The van der Waals surface area contributed by atoms with E-state index in [1.54, 1.807) is 17.9 Å². The summed E-state index contributed by atoms with van der Waals surface area (Å²) in [7, 11) is 3.66. The van der Waals surface area contributed by atoms with Gasteiger partial charge in [-0.15, -0.1) is 0 Å². The summed E-state index contributed by atoms with van der Waals surface area (Å²) >= 11 is 0. The molecular weight excluding hydrogens is 228 g/mol. The number of hydrogen-bond donors (Lipinski definition) is 1. The molecule has 5 heteroatoms. The Morgan fingerprint density at radius 2 is 2.22 bits per heavy atom. The quantitative estimate of drug-likeness (QED) is 0.827. The highest BCUT2D eigenvalue weighted by atomic mass is 16.2. The second-order valence-electron chi connectivity index (χ2n) is 4.94. The first-order chi connectivity index (χ1) is 8.49. The van der Waals surface area contributed by atoms with E-state index < -0.39 is 0 Å². The SMILES string of the molecule is CCN(CC(C)C)C(=O)C(NC)c1cnn(C)c1. The zero-order valence-electron chi connectivity index (χ0n) is 12.0. The molecule has 1 unspecified atom stereocenters. The van der Waals surface area contributed by atoms with Gasteiger partial charge in [0.05, 0.1) is 6.20 Å². The van der Waals surface area contributed by atoms with Crippen molar-refractivity contribution in [1.29, 1.82) is 0 Å². The molecule has 1 aromatic heterocycles. The Morgan fingerprint density at radius 1 is 1.56 bits per heavy atom. The van der Waals surface area contributed by atoms with Gasteiger partial charge in [-0.1, -0.05) is 13.8 Å². The monoisotopic (exact) mass is 252 g/mol. The van der Waals surface area contributed by atoms with Crippen molar-refractivity contribution in [2.75, 3.05) is 20.1 Å². The van der Waals surface area contributed by atoms with Gasteiger partial charge in [0.2, 0.25) is 5.91 Å². The highest BCUT2D eigenvalue weighted by molar-refractivity contribution is 5.83. The standard InChI is InChI=1S/C13H24N4O/c1-6-17(8-10(2)3)13(18)12(14-4)11-7-15-16(5)9-11/h7,9-10,12,14H,6,8H2,1-5H3. The molecule has 0 aliphatic heterocycles. The highest BCUT2D eigenvalue weighted by Gasteiger charge is 2.25. The van der Waals surface area contributed by atoms with Gasteiger partial charge in [-0.05, 0) is 19.9 Å². The minimum absolute atomic E-state index is 0.113. The summed E-state index contributed by atoms with van der Waals surface area (Å²) in [6.07, 6.45) is 3.62. The third kappa shape index (κ3) is 3.57. The molecule has 5 nitrogen and oxygen atoms in total. The van der Waals surface area contributed by atoms with E-state index in [0.717, 1.165) is 18.7 Å². The van der Waals surface area contributed by atoms with Crippen LogP contribution in [0.2, 0.25) is 0 Å². The summed E-state index contributed by atoms with van der Waals surface area (Å²) in [5.74, 6) is 0.585. The number of nitrogens with one attached hydrogen (secondary N) is 1. The number of aromatic nitrogens is 2. The normalized spacial score (nSPS) is 12.8. The summed E-state index contributed by atoms with van der Waals surface area (Å²) < 4.78 is 1.71. The Hall–Kier alpha value is -1.36. The molecule has 0 saturated carbocycles. The Kier molecular flexibility index (Phi) is 5.34. The molecule has 1 rings (SSSR count). The smallest absolute Gasteiger partial charge is 0.244 e. The van der Waals surface area contributed by atoms with Gasteiger partial charge in [-0.3, -0.25) is 9.48 Å². The molecular formula is C13H24N4O. The van der Waals surface area contributed by atoms with Crippen LogP contribution >= 0.6 is 0 Å². The number of rotatable bonds is 6. The largest absolute Gasteiger partial charge is 0.341 e. The van der Waals surface area contributed by atoms with Crippen LogP contribution in [0.3, 0.4) is 0 Å². The fraction of sp³-hybridized carbons (Fsp3) is 0.692. The Bertz CT molecular complexity index is 386. The van der Waals surface area contributed by atoms with Crippen molar-refractivity contribution in [2.45, 2.75) is 26.8 Å². The zero-order valence-corrected chi connectivity index (χ0v) is 12.0. The van der Waals surface area contributed by atoms with E-state index in [0.29, 0.717) is 5.92 Å². The molecule has 1 amide bonds. The Morgan fingerprint density at radius 3 is 2.61 bits per heavy atom. The van der Waals surface area contributed by atoms with Gasteiger partial charge in [-0.2, -0.15) is 5.10 Å². The molecule has 18 heavy (non-hydrogen) atoms. The molecule has 0 aliphatic carbocycles. The summed E-state index contributed by atoms with van der Waals surface area (Å²) in [5.41, 5.74) is 0.909. The minimum Gasteiger partial charge on any atom is -0.341 e. The molecule has 0 aliphatic rings. The molecule has 1 aromatic rings. The molecule has 102 valence electrons. The van der Waals surface area contributed by atoms with E-state index in [1.165, 1.54) is 0 Å². The van der Waals surface area contributed by atoms with E-state index in [4.69, 9.17) is 0 Å². The molecule has 0 radical (unpaired) electrons. The van der Waals surface area contributed by atoms with Crippen molar-refractivity contribution in [3.05, 3.63) is 18.0 Å². The molecule has 1 heterocycles. The molecule has 1 N–H and O–H groups in total. The number of aryl methyl sites for hydroxylation is 1. The van der Waals surface area contributed by atoms with Gasteiger partial charge >= 0.3 is 0 Å². The van der Waals surface area contributed by atoms with Gasteiger partial charge in [0, 0.05) is 31.9 Å². The summed E-state index contributed by atoms with van der Waals surface area (Å²) in [4.78, 5) is 14.4. The van der Waals surface area contributed by atoms with Crippen LogP contribution in [-0.2, 0) is 11.8 Å². The van der Waals surface area contributed by atoms with E-state index in [1.807, 2.05) is 25.1 Å². The maximum atomic E-state index is 12.5. The van der Waals surface area contributed by atoms with E-state index in [9.17, 15) is 4.79 Å². The van der Waals surface area contributed by atoms with Crippen molar-refractivity contribution in [1.82, 2.24) is 20.0 Å². The van der Waals surface area contributed by atoms with Crippen molar-refractivity contribution in [3.63, 3.8) is 0 Å². The van der Waals surface area contributed by atoms with Gasteiger partial charge in [0.25, 0.3) is 0 Å². The third-order valence-electron chi connectivity index (χ3n) is 2.87. The molecule has 0 bridgehead atoms. The van der Waals surface area contributed by atoms with Crippen LogP contribution in [0.5, 0.6) is 0 Å². The number of likely N-dealkylation sites (N-methyl/N-ethyl adjacent to an activating group) is 2. The molecule has 0 aromatic carbocycles. The van der Waals surface area contributed by atoms with Crippen LogP contribution in [0.1, 0.15) is 32.4 Å². The van der Waals surface area contributed by atoms with Gasteiger partial charge in [0.1, 0.15) is 6.04 Å². The second-order valence-corrected chi connectivity index (χ2v) is 4.94. The lowest BCUT2D eigenvalue weighted by Crippen LogP contribution is -2.41. The lowest BCUT2D eigenvalue weighted by molar-refractivity contribution is -0.133. The predicted octanol–water partition coefficient (Wildman–Crippen LogP) is 1.19. The minimum atomic E-state index is -0.308. The van der Waals surface area contributed by atoms with Crippen LogP contribution < -0.4 is 5.32 Å². The van der Waals surface area contributed by atoms with Crippen LogP contribution in [0.25, 0.3) is 0 Å². The van der Waals surface area contributed by atoms with Crippen molar-refractivity contribution in [2.24, 2.45) is 13.0 Å². The first kappa shape index (κ1) is 14.7. The fourth-order valence-electron chi connectivity index (χ4n) is 2.02. The second kappa shape index (κ2) is 6.54. The molecule has 0 fully saturated rings. The van der Waals surface area contributed by atoms with Gasteiger partial charge < -0.3 is 10.2 Å². The van der Waals surface area contributed by atoms with Crippen LogP contribution in [0.15, 0.2) is 12.4 Å². The predicted molar refractivity (Wildman–Crippen MR) is 72.1 cm³/mol. The number of nitrogens with zero attached hydrogens (tertiary/aromatic N) is 3.